The molecule has 2 aliphatic rings. The molecule has 1 aromatic heterocycles. The zero-order valence-electron chi connectivity index (χ0n) is 13.6. The zero-order valence-corrected chi connectivity index (χ0v) is 15.3. The number of fused-ring (bicyclic) bond motifs is 1. The number of carbonyl (C=O) groups excluding carboxylic acids is 1. The van der Waals surface area contributed by atoms with Crippen LogP contribution in [0.5, 0.6) is 0 Å². The van der Waals surface area contributed by atoms with Crippen LogP contribution in [0.1, 0.15) is 22.4 Å². The Kier molecular flexibility index (Phi) is 4.85. The summed E-state index contributed by atoms with van der Waals surface area (Å²) >= 11 is 3.45. The predicted octanol–water partition coefficient (Wildman–Crippen LogP) is 3.27. The van der Waals surface area contributed by atoms with Crippen molar-refractivity contribution in [1.29, 1.82) is 0 Å². The van der Waals surface area contributed by atoms with E-state index in [1.165, 1.54) is 10.4 Å². The monoisotopic (exact) mass is 370 g/mol. The summed E-state index contributed by atoms with van der Waals surface area (Å²) in [6, 6.07) is 10.3. The number of amides is 1. The van der Waals surface area contributed by atoms with E-state index >= 15 is 0 Å². The van der Waals surface area contributed by atoms with Gasteiger partial charge in [-0.15, -0.1) is 11.3 Å². The van der Waals surface area contributed by atoms with Crippen molar-refractivity contribution < 1.29 is 4.79 Å². The molecule has 0 saturated heterocycles. The number of rotatable bonds is 4. The lowest BCUT2D eigenvalue weighted by atomic mass is 9.99. The summed E-state index contributed by atoms with van der Waals surface area (Å²) in [5.74, 6) is 0.895. The van der Waals surface area contributed by atoms with Crippen molar-refractivity contribution in [3.05, 3.63) is 51.7 Å². The third-order valence-electron chi connectivity index (χ3n) is 4.16. The molecule has 5 nitrogen and oxygen atoms in total. The number of hydrogen-bond acceptors (Lipinski definition) is 5. The van der Waals surface area contributed by atoms with Crippen LogP contribution < -0.4 is 10.7 Å². The fraction of sp³-hybridized carbons (Fsp3) is 0.278. The van der Waals surface area contributed by atoms with Crippen molar-refractivity contribution in [3.8, 4) is 0 Å². The van der Waals surface area contributed by atoms with E-state index in [0.717, 1.165) is 47.3 Å². The van der Waals surface area contributed by atoms with Gasteiger partial charge in [0.1, 0.15) is 0 Å². The molecule has 2 aromatic rings. The average Bonchev–Trinajstić information content (AvgIpc) is 3.15. The number of hydrogen-bond donors (Lipinski definition) is 2. The number of benzene rings is 1. The number of aliphatic imine (C=N–C) groups is 1. The maximum atomic E-state index is 11.4. The molecular formula is C18H18N4OS2. The summed E-state index contributed by atoms with van der Waals surface area (Å²) in [5, 5.41) is 10.4. The molecule has 4 rings (SSSR count). The Morgan fingerprint density at radius 1 is 1.24 bits per heavy atom. The van der Waals surface area contributed by atoms with Gasteiger partial charge in [-0.1, -0.05) is 23.9 Å². The number of anilines is 1. The van der Waals surface area contributed by atoms with Crippen LogP contribution in [-0.2, 0) is 17.6 Å². The zero-order chi connectivity index (χ0) is 17.1. The van der Waals surface area contributed by atoms with Crippen LogP contribution in [0.25, 0.3) is 0 Å². The van der Waals surface area contributed by atoms with E-state index in [1.807, 2.05) is 12.1 Å². The van der Waals surface area contributed by atoms with Crippen molar-refractivity contribution >= 4 is 45.6 Å². The Morgan fingerprint density at radius 3 is 3.00 bits per heavy atom. The van der Waals surface area contributed by atoms with Gasteiger partial charge >= 0.3 is 0 Å². The minimum atomic E-state index is 0.0934. The summed E-state index contributed by atoms with van der Waals surface area (Å²) in [7, 11) is 0. The molecule has 0 atom stereocenters. The first-order valence-electron chi connectivity index (χ1n) is 8.23. The Morgan fingerprint density at radius 2 is 2.20 bits per heavy atom. The fourth-order valence-corrected chi connectivity index (χ4v) is 4.33. The van der Waals surface area contributed by atoms with Gasteiger partial charge in [0, 0.05) is 35.7 Å². The second-order valence-electron chi connectivity index (χ2n) is 5.90. The molecule has 0 radical (unpaired) electrons. The smallest absolute Gasteiger partial charge is 0.224 e. The third-order valence-corrected chi connectivity index (χ3v) is 6.01. The van der Waals surface area contributed by atoms with Crippen molar-refractivity contribution in [1.82, 2.24) is 5.43 Å². The Balaban J connectivity index is 1.40. The maximum absolute atomic E-state index is 11.4. The molecule has 0 bridgehead atoms. The molecule has 3 heterocycles. The van der Waals surface area contributed by atoms with Crippen molar-refractivity contribution in [2.24, 2.45) is 10.1 Å². The molecule has 0 aliphatic carbocycles. The van der Waals surface area contributed by atoms with E-state index in [4.69, 9.17) is 0 Å². The number of amidine groups is 1. The molecule has 1 aromatic carbocycles. The third kappa shape index (κ3) is 3.93. The van der Waals surface area contributed by atoms with E-state index in [9.17, 15) is 4.79 Å². The standard InChI is InChI=1S/C18H18N4OS2/c23-17-6-4-12-10-13(3-5-15(12)20-17)16-11-25-18(22-21-16)19-8-7-14-2-1-9-24-14/h1-3,5,9-10H,4,6-8,11H2,(H,19,22)(H,20,23). The second-order valence-corrected chi connectivity index (χ2v) is 7.89. The number of carbonyl (C=O) groups is 1. The molecule has 0 spiro atoms. The average molecular weight is 371 g/mol. The number of nitrogens with one attached hydrogen (secondary N) is 2. The van der Waals surface area contributed by atoms with E-state index in [-0.39, 0.29) is 5.91 Å². The molecule has 25 heavy (non-hydrogen) atoms. The Labute approximate surface area is 154 Å². The van der Waals surface area contributed by atoms with Crippen LogP contribution in [0, 0.1) is 0 Å². The number of hydrazone groups is 1. The van der Waals surface area contributed by atoms with E-state index in [1.54, 1.807) is 23.1 Å². The first kappa shape index (κ1) is 16.4. The lowest BCUT2D eigenvalue weighted by molar-refractivity contribution is -0.116. The minimum absolute atomic E-state index is 0.0934. The van der Waals surface area contributed by atoms with Gasteiger partial charge in [0.2, 0.25) is 5.91 Å². The first-order chi connectivity index (χ1) is 12.3. The van der Waals surface area contributed by atoms with Crippen LogP contribution in [0.3, 0.4) is 0 Å². The lowest BCUT2D eigenvalue weighted by Crippen LogP contribution is -2.26. The van der Waals surface area contributed by atoms with Gasteiger partial charge in [0.05, 0.1) is 5.71 Å². The lowest BCUT2D eigenvalue weighted by Gasteiger charge is -2.19. The summed E-state index contributed by atoms with van der Waals surface area (Å²) in [4.78, 5) is 17.4. The Bertz CT molecular complexity index is 843. The van der Waals surface area contributed by atoms with Gasteiger partial charge < -0.3 is 5.32 Å². The van der Waals surface area contributed by atoms with Crippen molar-refractivity contribution in [3.63, 3.8) is 0 Å². The van der Waals surface area contributed by atoms with Gasteiger partial charge in [-0.2, -0.15) is 5.10 Å². The minimum Gasteiger partial charge on any atom is -0.326 e. The molecular weight excluding hydrogens is 352 g/mol. The topological polar surface area (TPSA) is 65.8 Å². The SMILES string of the molecule is O=C1CCc2cc(C3=NNC(=NCCc4cccs4)SC3)ccc2N1. The van der Waals surface area contributed by atoms with Gasteiger partial charge in [0.15, 0.2) is 5.17 Å². The van der Waals surface area contributed by atoms with Crippen LogP contribution in [-0.4, -0.2) is 29.1 Å². The van der Waals surface area contributed by atoms with Gasteiger partial charge in [-0.05, 0) is 41.1 Å². The number of nitrogens with zero attached hydrogens (tertiary/aromatic N) is 2. The van der Waals surface area contributed by atoms with Gasteiger partial charge in [-0.3, -0.25) is 15.2 Å². The van der Waals surface area contributed by atoms with Crippen LogP contribution in [0.2, 0.25) is 0 Å². The Hall–Kier alpha value is -2.12. The van der Waals surface area contributed by atoms with E-state index < -0.39 is 0 Å². The highest BCUT2D eigenvalue weighted by Crippen LogP contribution is 2.25. The molecule has 1 amide bonds. The second kappa shape index (κ2) is 7.41. The summed E-state index contributed by atoms with van der Waals surface area (Å²) in [6.07, 6.45) is 2.31. The highest BCUT2D eigenvalue weighted by atomic mass is 32.2. The van der Waals surface area contributed by atoms with Crippen LogP contribution in [0.15, 0.2) is 45.8 Å². The highest BCUT2D eigenvalue weighted by Gasteiger charge is 2.18. The number of thioether (sulfide) groups is 1. The largest absolute Gasteiger partial charge is 0.326 e. The number of aryl methyl sites for hydroxylation is 1. The van der Waals surface area contributed by atoms with Crippen molar-refractivity contribution in [2.75, 3.05) is 17.6 Å². The predicted molar refractivity (Wildman–Crippen MR) is 106 cm³/mol. The summed E-state index contributed by atoms with van der Waals surface area (Å²) in [6.45, 7) is 0.777. The summed E-state index contributed by atoms with van der Waals surface area (Å²) < 4.78 is 0. The van der Waals surface area contributed by atoms with Gasteiger partial charge in [-0.25, -0.2) is 0 Å². The van der Waals surface area contributed by atoms with Crippen molar-refractivity contribution in [2.45, 2.75) is 19.3 Å². The molecule has 128 valence electrons. The molecule has 0 fully saturated rings. The maximum Gasteiger partial charge on any atom is 0.224 e. The first-order valence-corrected chi connectivity index (χ1v) is 10.1. The fourth-order valence-electron chi connectivity index (χ4n) is 2.83. The van der Waals surface area contributed by atoms with Gasteiger partial charge in [0.25, 0.3) is 0 Å². The van der Waals surface area contributed by atoms with E-state index in [2.05, 4.69) is 44.4 Å². The molecule has 2 aliphatic heterocycles. The van der Waals surface area contributed by atoms with Crippen LogP contribution in [0.4, 0.5) is 5.69 Å². The molecule has 0 saturated carbocycles. The quantitative estimate of drug-likeness (QED) is 0.868. The number of thiophene rings is 1. The van der Waals surface area contributed by atoms with E-state index in [0.29, 0.717) is 6.42 Å². The molecule has 2 N–H and O–H groups in total. The van der Waals surface area contributed by atoms with Crippen LogP contribution >= 0.6 is 23.1 Å². The molecule has 7 heteroatoms. The highest BCUT2D eigenvalue weighted by molar-refractivity contribution is 8.14. The molecule has 0 unspecified atom stereocenters. The summed E-state index contributed by atoms with van der Waals surface area (Å²) in [5.41, 5.74) is 7.29. The normalized spacial score (nSPS) is 18.3.